The van der Waals surface area contributed by atoms with Crippen LogP contribution in [0.2, 0.25) is 0 Å². The summed E-state index contributed by atoms with van der Waals surface area (Å²) in [5.41, 5.74) is 2.61. The molecule has 0 aliphatic heterocycles. The van der Waals surface area contributed by atoms with Gasteiger partial charge in [0.2, 0.25) is 0 Å². The topological polar surface area (TPSA) is 57.5 Å². The minimum absolute atomic E-state index is 0.247. The van der Waals surface area contributed by atoms with Crippen LogP contribution in [0.15, 0.2) is 23.8 Å². The molecule has 2 N–H and O–H groups in total. The smallest absolute Gasteiger partial charge is 0.310 e. The van der Waals surface area contributed by atoms with Gasteiger partial charge in [-0.1, -0.05) is 23.8 Å². The molecule has 78 valence electrons. The highest BCUT2D eigenvalue weighted by molar-refractivity contribution is 5.78. The molecular weight excluding hydrogens is 192 g/mol. The Labute approximate surface area is 87.7 Å². The molecule has 0 spiro atoms. The minimum atomic E-state index is -0.825. The van der Waals surface area contributed by atoms with Crippen molar-refractivity contribution in [1.82, 2.24) is 0 Å². The van der Waals surface area contributed by atoms with E-state index in [1.165, 1.54) is 0 Å². The maximum Gasteiger partial charge on any atom is 0.310 e. The van der Waals surface area contributed by atoms with Crippen LogP contribution in [0.3, 0.4) is 0 Å². The Morgan fingerprint density at radius 1 is 1.47 bits per heavy atom. The predicted octanol–water partition coefficient (Wildman–Crippen LogP) is 2.05. The zero-order valence-electron chi connectivity index (χ0n) is 8.40. The van der Waals surface area contributed by atoms with Crippen LogP contribution in [0, 0.1) is 5.92 Å². The quantitative estimate of drug-likeness (QED) is 0.775. The van der Waals surface area contributed by atoms with Crippen molar-refractivity contribution in [3.05, 3.63) is 34.9 Å². The maximum atomic E-state index is 10.8. The molecule has 1 aromatic carbocycles. The first kappa shape index (κ1) is 9.77. The fourth-order valence-electron chi connectivity index (χ4n) is 1.81. The Kier molecular flexibility index (Phi) is 2.23. The van der Waals surface area contributed by atoms with Crippen molar-refractivity contribution in [2.75, 3.05) is 0 Å². The SMILES string of the molecule is CC(C(=O)O)C1=Cc2cccc(O)c2C1. The summed E-state index contributed by atoms with van der Waals surface area (Å²) in [7, 11) is 0. The highest BCUT2D eigenvalue weighted by Crippen LogP contribution is 2.34. The van der Waals surface area contributed by atoms with E-state index in [4.69, 9.17) is 5.11 Å². The lowest BCUT2D eigenvalue weighted by Gasteiger charge is -2.07. The summed E-state index contributed by atoms with van der Waals surface area (Å²) in [5, 5.41) is 18.5. The van der Waals surface area contributed by atoms with Crippen LogP contribution >= 0.6 is 0 Å². The van der Waals surface area contributed by atoms with Gasteiger partial charge in [-0.15, -0.1) is 0 Å². The van der Waals surface area contributed by atoms with Crippen LogP contribution in [-0.2, 0) is 11.2 Å². The van der Waals surface area contributed by atoms with Gasteiger partial charge < -0.3 is 10.2 Å². The number of carboxylic acid groups (broad SMARTS) is 1. The maximum absolute atomic E-state index is 10.8. The van der Waals surface area contributed by atoms with Crippen molar-refractivity contribution in [3.63, 3.8) is 0 Å². The van der Waals surface area contributed by atoms with Crippen LogP contribution in [0.1, 0.15) is 18.1 Å². The zero-order valence-corrected chi connectivity index (χ0v) is 8.40. The molecule has 0 bridgehead atoms. The highest BCUT2D eigenvalue weighted by atomic mass is 16.4. The van der Waals surface area contributed by atoms with Gasteiger partial charge in [-0.3, -0.25) is 4.79 Å². The average Bonchev–Trinajstić information content (AvgIpc) is 2.61. The summed E-state index contributed by atoms with van der Waals surface area (Å²) in [4.78, 5) is 10.8. The third-order valence-corrected chi connectivity index (χ3v) is 2.84. The largest absolute Gasteiger partial charge is 0.508 e. The fraction of sp³-hybridized carbons (Fsp3) is 0.250. The lowest BCUT2D eigenvalue weighted by Crippen LogP contribution is -2.12. The van der Waals surface area contributed by atoms with Gasteiger partial charge in [0.15, 0.2) is 0 Å². The average molecular weight is 204 g/mol. The van der Waals surface area contributed by atoms with Crippen molar-refractivity contribution >= 4 is 12.0 Å². The van der Waals surface area contributed by atoms with Gasteiger partial charge in [0.1, 0.15) is 5.75 Å². The van der Waals surface area contributed by atoms with Crippen molar-refractivity contribution in [2.24, 2.45) is 5.92 Å². The Morgan fingerprint density at radius 3 is 2.80 bits per heavy atom. The second kappa shape index (κ2) is 3.42. The second-order valence-electron chi connectivity index (χ2n) is 3.80. The number of rotatable bonds is 2. The highest BCUT2D eigenvalue weighted by Gasteiger charge is 2.23. The molecule has 0 saturated heterocycles. The molecule has 3 nitrogen and oxygen atoms in total. The van der Waals surface area contributed by atoms with Crippen molar-refractivity contribution in [2.45, 2.75) is 13.3 Å². The summed E-state index contributed by atoms with van der Waals surface area (Å²) < 4.78 is 0. The number of aliphatic carboxylic acids is 1. The first-order valence-corrected chi connectivity index (χ1v) is 4.83. The first-order valence-electron chi connectivity index (χ1n) is 4.83. The van der Waals surface area contributed by atoms with Gasteiger partial charge >= 0.3 is 5.97 Å². The predicted molar refractivity (Wildman–Crippen MR) is 56.6 cm³/mol. The Morgan fingerprint density at radius 2 is 2.20 bits per heavy atom. The summed E-state index contributed by atoms with van der Waals surface area (Å²) in [5.74, 6) is -1.07. The molecule has 0 amide bonds. The van der Waals surface area contributed by atoms with Crippen LogP contribution in [0.5, 0.6) is 5.75 Å². The summed E-state index contributed by atoms with van der Waals surface area (Å²) in [6, 6.07) is 5.27. The molecule has 2 rings (SSSR count). The molecule has 3 heteroatoms. The van der Waals surface area contributed by atoms with E-state index in [-0.39, 0.29) is 5.75 Å². The number of phenols is 1. The van der Waals surface area contributed by atoms with E-state index in [0.29, 0.717) is 6.42 Å². The molecule has 1 aliphatic carbocycles. The number of benzene rings is 1. The van der Waals surface area contributed by atoms with Gasteiger partial charge in [0, 0.05) is 5.56 Å². The van der Waals surface area contributed by atoms with E-state index in [1.807, 2.05) is 12.1 Å². The van der Waals surface area contributed by atoms with Gasteiger partial charge in [-0.05, 0) is 25.0 Å². The Bertz CT molecular complexity index is 446. The van der Waals surface area contributed by atoms with Crippen molar-refractivity contribution in [1.29, 1.82) is 0 Å². The van der Waals surface area contributed by atoms with E-state index in [2.05, 4.69) is 0 Å². The normalized spacial score (nSPS) is 15.7. The van der Waals surface area contributed by atoms with Crippen LogP contribution in [0.25, 0.3) is 6.08 Å². The summed E-state index contributed by atoms with van der Waals surface area (Å²) in [6.45, 7) is 1.66. The molecule has 0 fully saturated rings. The van der Waals surface area contributed by atoms with Crippen molar-refractivity contribution in [3.8, 4) is 5.75 Å². The number of aromatic hydroxyl groups is 1. The van der Waals surface area contributed by atoms with E-state index < -0.39 is 11.9 Å². The lowest BCUT2D eigenvalue weighted by molar-refractivity contribution is -0.139. The molecule has 1 aromatic rings. The third-order valence-electron chi connectivity index (χ3n) is 2.84. The monoisotopic (exact) mass is 204 g/mol. The van der Waals surface area contributed by atoms with Crippen LogP contribution < -0.4 is 0 Å². The third kappa shape index (κ3) is 1.61. The lowest BCUT2D eigenvalue weighted by atomic mass is 9.99. The molecule has 1 unspecified atom stereocenters. The number of hydrogen-bond acceptors (Lipinski definition) is 2. The van der Waals surface area contributed by atoms with Crippen molar-refractivity contribution < 1.29 is 15.0 Å². The molecule has 0 radical (unpaired) electrons. The number of hydrogen-bond donors (Lipinski definition) is 2. The first-order chi connectivity index (χ1) is 7.09. The molecule has 15 heavy (non-hydrogen) atoms. The van der Waals surface area contributed by atoms with E-state index in [0.717, 1.165) is 16.7 Å². The van der Waals surface area contributed by atoms with Crippen LogP contribution in [-0.4, -0.2) is 16.2 Å². The number of carbonyl (C=O) groups is 1. The van der Waals surface area contributed by atoms with Gasteiger partial charge in [0.05, 0.1) is 5.92 Å². The van der Waals surface area contributed by atoms with E-state index in [1.54, 1.807) is 19.1 Å². The molecular formula is C12H12O3. The molecule has 1 atom stereocenters. The number of fused-ring (bicyclic) bond motifs is 1. The standard InChI is InChI=1S/C12H12O3/c1-7(12(14)15)9-5-8-3-2-4-11(13)10(8)6-9/h2-5,7,13H,6H2,1H3,(H,14,15). The van der Waals surface area contributed by atoms with E-state index >= 15 is 0 Å². The summed E-state index contributed by atoms with van der Waals surface area (Å²) in [6.07, 6.45) is 2.39. The van der Waals surface area contributed by atoms with Crippen LogP contribution in [0.4, 0.5) is 0 Å². The molecule has 1 aliphatic rings. The second-order valence-corrected chi connectivity index (χ2v) is 3.80. The minimum Gasteiger partial charge on any atom is -0.508 e. The Hall–Kier alpha value is -1.77. The zero-order chi connectivity index (χ0) is 11.0. The molecule has 0 heterocycles. The van der Waals surface area contributed by atoms with Gasteiger partial charge in [-0.2, -0.15) is 0 Å². The number of phenolic OH excluding ortho intramolecular Hbond substituents is 1. The number of carboxylic acids is 1. The fourth-order valence-corrected chi connectivity index (χ4v) is 1.81. The van der Waals surface area contributed by atoms with Gasteiger partial charge in [0.25, 0.3) is 0 Å². The molecule has 0 saturated carbocycles. The summed E-state index contributed by atoms with van der Waals surface area (Å²) >= 11 is 0. The molecule has 0 aromatic heterocycles. The Balaban J connectivity index is 2.33. The van der Waals surface area contributed by atoms with E-state index in [9.17, 15) is 9.90 Å². The van der Waals surface area contributed by atoms with Gasteiger partial charge in [-0.25, -0.2) is 0 Å².